The molecule has 1 aromatic heterocycles. The molecule has 0 bridgehead atoms. The highest BCUT2D eigenvalue weighted by molar-refractivity contribution is 5.91. The Kier molecular flexibility index (Phi) is 5.13. The fourth-order valence-electron chi connectivity index (χ4n) is 3.43. The molecule has 23 heavy (non-hydrogen) atoms. The van der Waals surface area contributed by atoms with E-state index in [1.54, 1.807) is 6.92 Å². The number of carbonyl (C=O) groups excluding carboxylic acids is 1. The Balaban J connectivity index is 1.52. The van der Waals surface area contributed by atoms with Crippen molar-refractivity contribution in [2.24, 2.45) is 0 Å². The number of ether oxygens (including phenoxy) is 1. The molecule has 0 atom stereocenters. The van der Waals surface area contributed by atoms with Gasteiger partial charge in [0, 0.05) is 50.5 Å². The van der Waals surface area contributed by atoms with Crippen LogP contribution in [0.4, 0.5) is 0 Å². The fourth-order valence-corrected chi connectivity index (χ4v) is 3.43. The summed E-state index contributed by atoms with van der Waals surface area (Å²) in [5.74, 6) is 0.258. The highest BCUT2D eigenvalue weighted by atomic mass is 16.5. The van der Waals surface area contributed by atoms with Crippen LogP contribution >= 0.6 is 0 Å². The zero-order valence-electron chi connectivity index (χ0n) is 13.5. The van der Waals surface area contributed by atoms with Gasteiger partial charge in [0.25, 0.3) is 5.91 Å². The lowest BCUT2D eigenvalue weighted by Crippen LogP contribution is -2.49. The van der Waals surface area contributed by atoms with Crippen molar-refractivity contribution < 1.29 is 13.9 Å². The predicted molar refractivity (Wildman–Crippen MR) is 85.6 cm³/mol. The quantitative estimate of drug-likeness (QED) is 0.909. The summed E-state index contributed by atoms with van der Waals surface area (Å²) in [7, 11) is 0. The number of nitrogens with zero attached hydrogens (tertiary/aromatic N) is 1. The van der Waals surface area contributed by atoms with Crippen LogP contribution in [0.2, 0.25) is 0 Å². The lowest BCUT2D eigenvalue weighted by Gasteiger charge is -2.39. The summed E-state index contributed by atoms with van der Waals surface area (Å²) >= 11 is 0. The molecule has 6 heteroatoms. The number of hydrogen-bond acceptors (Lipinski definition) is 5. The lowest BCUT2D eigenvalue weighted by atomic mass is 9.99. The number of nitrogens with one attached hydrogen (secondary N) is 1. The number of carbonyl (C=O) groups is 1. The number of piperidine rings is 1. The first kappa shape index (κ1) is 16.2. The molecule has 126 valence electrons. The summed E-state index contributed by atoms with van der Waals surface area (Å²) < 4.78 is 10.8. The normalized spacial score (nSPS) is 21.3. The Morgan fingerprint density at radius 3 is 2.52 bits per heavy atom. The Labute approximate surface area is 135 Å². The molecule has 1 amide bonds. The molecule has 1 aromatic rings. The predicted octanol–water partition coefficient (Wildman–Crippen LogP) is 1.32. The van der Waals surface area contributed by atoms with Gasteiger partial charge < -0.3 is 19.4 Å². The first-order valence-corrected chi connectivity index (χ1v) is 8.36. The molecule has 2 fully saturated rings. The SMILES string of the molecule is Cc1cc(=O)cc(C(=O)NC2CCN(C3CCOCC3)CC2)o1. The zero-order chi connectivity index (χ0) is 16.2. The van der Waals surface area contributed by atoms with Crippen molar-refractivity contribution in [2.45, 2.75) is 44.7 Å². The topological polar surface area (TPSA) is 71.8 Å². The summed E-state index contributed by atoms with van der Waals surface area (Å²) in [6.45, 7) is 5.37. The second kappa shape index (κ2) is 7.27. The Morgan fingerprint density at radius 1 is 1.17 bits per heavy atom. The van der Waals surface area contributed by atoms with E-state index in [-0.39, 0.29) is 23.1 Å². The minimum absolute atomic E-state index is 0.0989. The molecule has 3 rings (SSSR count). The van der Waals surface area contributed by atoms with Gasteiger partial charge in [-0.05, 0) is 32.6 Å². The molecule has 0 aromatic carbocycles. The van der Waals surface area contributed by atoms with E-state index in [9.17, 15) is 9.59 Å². The van der Waals surface area contributed by atoms with Crippen LogP contribution < -0.4 is 10.7 Å². The Morgan fingerprint density at radius 2 is 1.87 bits per heavy atom. The third kappa shape index (κ3) is 4.20. The average molecular weight is 320 g/mol. The van der Waals surface area contributed by atoms with Gasteiger partial charge in [-0.1, -0.05) is 0 Å². The van der Waals surface area contributed by atoms with Crippen LogP contribution in [-0.4, -0.2) is 49.2 Å². The number of amides is 1. The van der Waals surface area contributed by atoms with Gasteiger partial charge in [-0.2, -0.15) is 0 Å². The molecular formula is C17H24N2O4. The van der Waals surface area contributed by atoms with Gasteiger partial charge in [0.15, 0.2) is 11.2 Å². The molecule has 2 aliphatic rings. The maximum Gasteiger partial charge on any atom is 0.287 e. The monoisotopic (exact) mass is 320 g/mol. The Hall–Kier alpha value is -1.66. The molecule has 0 aliphatic carbocycles. The van der Waals surface area contributed by atoms with Gasteiger partial charge in [0.2, 0.25) is 0 Å². The van der Waals surface area contributed by atoms with E-state index >= 15 is 0 Å². The molecule has 2 saturated heterocycles. The van der Waals surface area contributed by atoms with Gasteiger partial charge >= 0.3 is 0 Å². The van der Waals surface area contributed by atoms with E-state index in [1.807, 2.05) is 0 Å². The average Bonchev–Trinajstić information content (AvgIpc) is 2.55. The van der Waals surface area contributed by atoms with E-state index < -0.39 is 0 Å². The maximum atomic E-state index is 12.2. The van der Waals surface area contributed by atoms with Crippen molar-refractivity contribution >= 4 is 5.91 Å². The van der Waals surface area contributed by atoms with Crippen LogP contribution in [0.1, 0.15) is 42.0 Å². The van der Waals surface area contributed by atoms with Crippen molar-refractivity contribution in [1.29, 1.82) is 0 Å². The minimum Gasteiger partial charge on any atom is -0.456 e. The van der Waals surface area contributed by atoms with Crippen LogP contribution in [-0.2, 0) is 4.74 Å². The highest BCUT2D eigenvalue weighted by Crippen LogP contribution is 2.20. The van der Waals surface area contributed by atoms with Crippen LogP contribution in [0.3, 0.4) is 0 Å². The van der Waals surface area contributed by atoms with Gasteiger partial charge in [-0.3, -0.25) is 9.59 Å². The number of rotatable bonds is 3. The largest absolute Gasteiger partial charge is 0.456 e. The molecule has 1 N–H and O–H groups in total. The molecule has 0 radical (unpaired) electrons. The Bertz CT molecular complexity index is 599. The molecule has 3 heterocycles. The van der Waals surface area contributed by atoms with Gasteiger partial charge in [0.1, 0.15) is 5.76 Å². The number of likely N-dealkylation sites (tertiary alicyclic amines) is 1. The first-order chi connectivity index (χ1) is 11.1. The minimum atomic E-state index is -0.296. The fraction of sp³-hybridized carbons (Fsp3) is 0.647. The van der Waals surface area contributed by atoms with E-state index in [0.29, 0.717) is 11.8 Å². The molecular weight excluding hydrogens is 296 g/mol. The van der Waals surface area contributed by atoms with Crippen LogP contribution in [0.5, 0.6) is 0 Å². The maximum absolute atomic E-state index is 12.2. The lowest BCUT2D eigenvalue weighted by molar-refractivity contribution is 0.0238. The summed E-state index contributed by atoms with van der Waals surface area (Å²) in [4.78, 5) is 26.2. The summed E-state index contributed by atoms with van der Waals surface area (Å²) in [6, 6.07) is 3.39. The standard InChI is InChI=1S/C17H24N2O4/c1-12-10-15(20)11-16(23-12)17(21)18-13-2-6-19(7-3-13)14-4-8-22-9-5-14/h10-11,13-14H,2-9H2,1H3,(H,18,21). The van der Waals surface area contributed by atoms with Crippen molar-refractivity contribution in [1.82, 2.24) is 10.2 Å². The van der Waals surface area contributed by atoms with E-state index in [2.05, 4.69) is 10.2 Å². The first-order valence-electron chi connectivity index (χ1n) is 8.36. The molecule has 6 nitrogen and oxygen atoms in total. The smallest absolute Gasteiger partial charge is 0.287 e. The van der Waals surface area contributed by atoms with Crippen molar-refractivity contribution in [2.75, 3.05) is 26.3 Å². The van der Waals surface area contributed by atoms with Crippen molar-refractivity contribution in [3.8, 4) is 0 Å². The number of hydrogen-bond donors (Lipinski definition) is 1. The summed E-state index contributed by atoms with van der Waals surface area (Å²) in [5, 5.41) is 2.99. The molecule has 2 aliphatic heterocycles. The van der Waals surface area contributed by atoms with E-state index in [1.165, 1.54) is 12.1 Å². The molecule has 0 spiro atoms. The van der Waals surface area contributed by atoms with Crippen LogP contribution in [0.15, 0.2) is 21.3 Å². The van der Waals surface area contributed by atoms with Crippen LogP contribution in [0.25, 0.3) is 0 Å². The van der Waals surface area contributed by atoms with Gasteiger partial charge in [0.05, 0.1) is 0 Å². The van der Waals surface area contributed by atoms with Crippen LogP contribution in [0, 0.1) is 6.92 Å². The zero-order valence-corrected chi connectivity index (χ0v) is 13.5. The van der Waals surface area contributed by atoms with Gasteiger partial charge in [-0.25, -0.2) is 0 Å². The second-order valence-electron chi connectivity index (χ2n) is 6.40. The third-order valence-electron chi connectivity index (χ3n) is 4.69. The third-order valence-corrected chi connectivity index (χ3v) is 4.69. The summed E-state index contributed by atoms with van der Waals surface area (Å²) in [5.41, 5.74) is -0.201. The summed E-state index contributed by atoms with van der Waals surface area (Å²) in [6.07, 6.45) is 4.06. The van der Waals surface area contributed by atoms with E-state index in [0.717, 1.165) is 52.0 Å². The highest BCUT2D eigenvalue weighted by Gasteiger charge is 2.27. The van der Waals surface area contributed by atoms with Crippen molar-refractivity contribution in [3.05, 3.63) is 33.9 Å². The van der Waals surface area contributed by atoms with E-state index in [4.69, 9.17) is 9.15 Å². The molecule has 0 unspecified atom stereocenters. The second-order valence-corrected chi connectivity index (χ2v) is 6.40. The van der Waals surface area contributed by atoms with Gasteiger partial charge in [-0.15, -0.1) is 0 Å². The number of aryl methyl sites for hydroxylation is 1. The molecule has 0 saturated carbocycles. The van der Waals surface area contributed by atoms with Crippen molar-refractivity contribution in [3.63, 3.8) is 0 Å².